The van der Waals surface area contributed by atoms with E-state index in [0.717, 1.165) is 29.2 Å². The van der Waals surface area contributed by atoms with E-state index in [-0.39, 0.29) is 5.91 Å². The maximum absolute atomic E-state index is 12.5. The van der Waals surface area contributed by atoms with Crippen LogP contribution in [0, 0.1) is 37.5 Å². The van der Waals surface area contributed by atoms with Gasteiger partial charge in [0.2, 0.25) is 5.91 Å². The standard InChI is InChI=1S/C20H27NO/c1-12-3-4-14(5-13(12)2)11-19(22)21-20-17-7-15-6-16(9-17)10-18(20)8-15/h3-5,15-18,20H,6-11H2,1-2H3,(H,21,22). The van der Waals surface area contributed by atoms with Gasteiger partial charge < -0.3 is 5.32 Å². The Balaban J connectivity index is 1.41. The maximum atomic E-state index is 12.5. The molecule has 4 aliphatic rings. The van der Waals surface area contributed by atoms with Crippen LogP contribution >= 0.6 is 0 Å². The summed E-state index contributed by atoms with van der Waals surface area (Å²) >= 11 is 0. The highest BCUT2D eigenvalue weighted by Gasteiger charge is 2.48. The van der Waals surface area contributed by atoms with Crippen molar-refractivity contribution in [2.75, 3.05) is 0 Å². The molecule has 4 aliphatic carbocycles. The lowest BCUT2D eigenvalue weighted by Gasteiger charge is -2.54. The average Bonchev–Trinajstić information content (AvgIpc) is 2.46. The molecule has 1 N–H and O–H groups in total. The second kappa shape index (κ2) is 5.40. The van der Waals surface area contributed by atoms with Crippen molar-refractivity contribution < 1.29 is 4.79 Å². The molecule has 0 aromatic heterocycles. The van der Waals surface area contributed by atoms with E-state index >= 15 is 0 Å². The summed E-state index contributed by atoms with van der Waals surface area (Å²) < 4.78 is 0. The SMILES string of the molecule is Cc1ccc(CC(=O)NC2C3CC4CC(C3)CC2C4)cc1C. The quantitative estimate of drug-likeness (QED) is 0.903. The summed E-state index contributed by atoms with van der Waals surface area (Å²) in [6.45, 7) is 4.24. The Labute approximate surface area is 133 Å². The Morgan fingerprint density at radius 3 is 2.23 bits per heavy atom. The number of carbonyl (C=O) groups excluding carboxylic acids is 1. The van der Waals surface area contributed by atoms with Gasteiger partial charge in [0.15, 0.2) is 0 Å². The molecule has 0 atom stereocenters. The van der Waals surface area contributed by atoms with Gasteiger partial charge in [-0.25, -0.2) is 0 Å². The van der Waals surface area contributed by atoms with Gasteiger partial charge in [0.1, 0.15) is 0 Å². The minimum absolute atomic E-state index is 0.223. The van der Waals surface area contributed by atoms with Gasteiger partial charge in [-0.3, -0.25) is 4.79 Å². The summed E-state index contributed by atoms with van der Waals surface area (Å²) in [4.78, 5) is 12.5. The van der Waals surface area contributed by atoms with Crippen LogP contribution in [-0.2, 0) is 11.2 Å². The molecule has 2 heteroatoms. The molecule has 22 heavy (non-hydrogen) atoms. The van der Waals surface area contributed by atoms with Crippen LogP contribution < -0.4 is 5.32 Å². The zero-order chi connectivity index (χ0) is 15.3. The first-order valence-corrected chi connectivity index (χ1v) is 8.94. The minimum Gasteiger partial charge on any atom is -0.353 e. The average molecular weight is 297 g/mol. The Kier molecular flexibility index (Phi) is 3.51. The van der Waals surface area contributed by atoms with E-state index in [2.05, 4.69) is 37.4 Å². The van der Waals surface area contributed by atoms with Crippen LogP contribution in [0.4, 0.5) is 0 Å². The molecule has 5 rings (SSSR count). The first-order valence-electron chi connectivity index (χ1n) is 8.94. The largest absolute Gasteiger partial charge is 0.353 e. The first-order chi connectivity index (χ1) is 10.6. The third-order valence-electron chi connectivity index (χ3n) is 6.49. The van der Waals surface area contributed by atoms with Crippen molar-refractivity contribution in [3.8, 4) is 0 Å². The molecular formula is C20H27NO. The van der Waals surface area contributed by atoms with Crippen molar-refractivity contribution in [1.29, 1.82) is 0 Å². The van der Waals surface area contributed by atoms with E-state index in [4.69, 9.17) is 0 Å². The number of hydrogen-bond donors (Lipinski definition) is 1. The molecule has 0 saturated heterocycles. The Bertz CT molecular complexity index is 563. The van der Waals surface area contributed by atoms with E-state index in [1.165, 1.54) is 43.2 Å². The van der Waals surface area contributed by atoms with E-state index < -0.39 is 0 Å². The highest BCUT2D eigenvalue weighted by molar-refractivity contribution is 5.79. The van der Waals surface area contributed by atoms with Crippen molar-refractivity contribution >= 4 is 5.91 Å². The van der Waals surface area contributed by atoms with Crippen LogP contribution in [-0.4, -0.2) is 11.9 Å². The van der Waals surface area contributed by atoms with E-state index in [1.54, 1.807) is 0 Å². The predicted molar refractivity (Wildman–Crippen MR) is 88.6 cm³/mol. The van der Waals surface area contributed by atoms with Crippen molar-refractivity contribution in [3.63, 3.8) is 0 Å². The third-order valence-corrected chi connectivity index (χ3v) is 6.49. The van der Waals surface area contributed by atoms with Gasteiger partial charge in [-0.05, 0) is 86.3 Å². The lowest BCUT2D eigenvalue weighted by molar-refractivity contribution is -0.124. The van der Waals surface area contributed by atoms with E-state index in [0.29, 0.717) is 12.5 Å². The second-order valence-electron chi connectivity index (χ2n) is 8.12. The highest BCUT2D eigenvalue weighted by Crippen LogP contribution is 2.53. The fourth-order valence-corrected chi connectivity index (χ4v) is 5.50. The molecule has 0 heterocycles. The monoisotopic (exact) mass is 297 g/mol. The number of carbonyl (C=O) groups is 1. The summed E-state index contributed by atoms with van der Waals surface area (Å²) in [5.41, 5.74) is 3.72. The van der Waals surface area contributed by atoms with Crippen LogP contribution in [0.2, 0.25) is 0 Å². The van der Waals surface area contributed by atoms with Gasteiger partial charge in [-0.2, -0.15) is 0 Å². The zero-order valence-electron chi connectivity index (χ0n) is 13.8. The molecule has 4 bridgehead atoms. The van der Waals surface area contributed by atoms with Crippen LogP contribution in [0.1, 0.15) is 48.8 Å². The number of amides is 1. The number of rotatable bonds is 3. The fraction of sp³-hybridized carbons (Fsp3) is 0.650. The Morgan fingerprint density at radius 1 is 1.00 bits per heavy atom. The summed E-state index contributed by atoms with van der Waals surface area (Å²) in [6, 6.07) is 6.85. The van der Waals surface area contributed by atoms with Gasteiger partial charge in [-0.15, -0.1) is 0 Å². The van der Waals surface area contributed by atoms with Crippen molar-refractivity contribution in [1.82, 2.24) is 5.32 Å². The Hall–Kier alpha value is -1.31. The molecule has 4 saturated carbocycles. The van der Waals surface area contributed by atoms with Crippen LogP contribution in [0.25, 0.3) is 0 Å². The summed E-state index contributed by atoms with van der Waals surface area (Å²) in [7, 11) is 0. The topological polar surface area (TPSA) is 29.1 Å². The second-order valence-corrected chi connectivity index (χ2v) is 8.12. The van der Waals surface area contributed by atoms with Crippen molar-refractivity contribution in [2.24, 2.45) is 23.7 Å². The van der Waals surface area contributed by atoms with Crippen LogP contribution in [0.5, 0.6) is 0 Å². The molecular weight excluding hydrogens is 270 g/mol. The smallest absolute Gasteiger partial charge is 0.224 e. The lowest BCUT2D eigenvalue weighted by Crippen LogP contribution is -2.56. The maximum Gasteiger partial charge on any atom is 0.224 e. The molecule has 0 spiro atoms. The molecule has 118 valence electrons. The third kappa shape index (κ3) is 2.57. The van der Waals surface area contributed by atoms with E-state index in [1.807, 2.05) is 0 Å². The van der Waals surface area contributed by atoms with Crippen LogP contribution in [0.3, 0.4) is 0 Å². The fourth-order valence-electron chi connectivity index (χ4n) is 5.50. The van der Waals surface area contributed by atoms with Gasteiger partial charge >= 0.3 is 0 Å². The number of benzene rings is 1. The molecule has 2 nitrogen and oxygen atoms in total. The van der Waals surface area contributed by atoms with Crippen LogP contribution in [0.15, 0.2) is 18.2 Å². The number of hydrogen-bond acceptors (Lipinski definition) is 1. The van der Waals surface area contributed by atoms with Crippen molar-refractivity contribution in [2.45, 2.75) is 58.4 Å². The predicted octanol–water partition coefficient (Wildman–Crippen LogP) is 3.79. The molecule has 0 radical (unpaired) electrons. The normalized spacial score (nSPS) is 35.6. The minimum atomic E-state index is 0.223. The number of aryl methyl sites for hydroxylation is 2. The lowest BCUT2D eigenvalue weighted by atomic mass is 9.54. The van der Waals surface area contributed by atoms with E-state index in [9.17, 15) is 4.79 Å². The zero-order valence-corrected chi connectivity index (χ0v) is 13.8. The summed E-state index contributed by atoms with van der Waals surface area (Å²) in [5, 5.41) is 3.41. The Morgan fingerprint density at radius 2 is 1.64 bits per heavy atom. The highest BCUT2D eigenvalue weighted by atomic mass is 16.1. The first kappa shape index (κ1) is 14.3. The molecule has 0 unspecified atom stereocenters. The van der Waals surface area contributed by atoms with Gasteiger partial charge in [0.25, 0.3) is 0 Å². The summed E-state index contributed by atoms with van der Waals surface area (Å²) in [5.74, 6) is 3.69. The van der Waals surface area contributed by atoms with Gasteiger partial charge in [-0.1, -0.05) is 18.2 Å². The number of nitrogens with one attached hydrogen (secondary N) is 1. The molecule has 4 fully saturated rings. The van der Waals surface area contributed by atoms with Gasteiger partial charge in [0, 0.05) is 6.04 Å². The van der Waals surface area contributed by atoms with Gasteiger partial charge in [0.05, 0.1) is 6.42 Å². The molecule has 1 aromatic carbocycles. The molecule has 1 amide bonds. The molecule has 1 aromatic rings. The molecule has 0 aliphatic heterocycles. The summed E-state index contributed by atoms with van der Waals surface area (Å²) in [6.07, 6.45) is 7.45. The van der Waals surface area contributed by atoms with Crippen molar-refractivity contribution in [3.05, 3.63) is 34.9 Å².